The highest BCUT2D eigenvalue weighted by molar-refractivity contribution is 5.77. The number of aromatic nitrogens is 2. The number of hydrogen-bond acceptors (Lipinski definition) is 2. The molecule has 2 aromatic heterocycles. The van der Waals surface area contributed by atoms with E-state index in [1.165, 1.54) is 12.1 Å². The molecule has 0 spiro atoms. The molecule has 20 heavy (non-hydrogen) atoms. The number of fused-ring (bicyclic) bond motifs is 1. The van der Waals surface area contributed by atoms with E-state index in [0.29, 0.717) is 11.5 Å². The van der Waals surface area contributed by atoms with Crippen LogP contribution in [0, 0.1) is 26.6 Å². The molecule has 0 aliphatic heterocycles. The fourth-order valence-electron chi connectivity index (χ4n) is 2.65. The second-order valence-corrected chi connectivity index (χ2v) is 5.17. The topological polar surface area (TPSA) is 43.3 Å². The minimum absolute atomic E-state index is 0.249. The van der Waals surface area contributed by atoms with E-state index in [2.05, 4.69) is 11.1 Å². The van der Waals surface area contributed by atoms with Gasteiger partial charge >= 0.3 is 0 Å². The SMILES string of the molecule is Cc1cc(C)n2c(N)c(-c3ccc(F)cc3C)nc2c1. The van der Waals surface area contributed by atoms with Crippen LogP contribution in [0.15, 0.2) is 30.3 Å². The number of benzene rings is 1. The van der Waals surface area contributed by atoms with Crippen LogP contribution in [0.5, 0.6) is 0 Å². The van der Waals surface area contributed by atoms with Gasteiger partial charge in [-0.1, -0.05) is 0 Å². The number of nitrogens with zero attached hydrogens (tertiary/aromatic N) is 2. The van der Waals surface area contributed by atoms with Gasteiger partial charge in [-0.15, -0.1) is 0 Å². The first kappa shape index (κ1) is 12.7. The van der Waals surface area contributed by atoms with Gasteiger partial charge in [-0.05, 0) is 62.2 Å². The molecule has 0 bridgehead atoms. The van der Waals surface area contributed by atoms with E-state index in [1.807, 2.05) is 31.2 Å². The standard InChI is InChI=1S/C16H16FN3/c1-9-6-11(3)20-14(7-9)19-15(16(20)18)13-5-4-12(17)8-10(13)2/h4-8H,18H2,1-3H3. The number of hydrogen-bond donors (Lipinski definition) is 1. The zero-order chi connectivity index (χ0) is 14.4. The van der Waals surface area contributed by atoms with Gasteiger partial charge in [-0.3, -0.25) is 4.40 Å². The lowest BCUT2D eigenvalue weighted by molar-refractivity contribution is 0.627. The Morgan fingerprint density at radius 2 is 1.85 bits per heavy atom. The van der Waals surface area contributed by atoms with E-state index < -0.39 is 0 Å². The second kappa shape index (κ2) is 4.34. The summed E-state index contributed by atoms with van der Waals surface area (Å²) < 4.78 is 15.2. The average Bonchev–Trinajstić information content (AvgIpc) is 2.66. The van der Waals surface area contributed by atoms with Gasteiger partial charge in [-0.2, -0.15) is 0 Å². The van der Waals surface area contributed by atoms with E-state index >= 15 is 0 Å². The van der Waals surface area contributed by atoms with Gasteiger partial charge in [-0.25, -0.2) is 9.37 Å². The number of pyridine rings is 1. The first-order chi connectivity index (χ1) is 9.47. The average molecular weight is 269 g/mol. The summed E-state index contributed by atoms with van der Waals surface area (Å²) in [6.45, 7) is 5.89. The van der Waals surface area contributed by atoms with Crippen molar-refractivity contribution in [1.82, 2.24) is 9.38 Å². The van der Waals surface area contributed by atoms with Crippen molar-refractivity contribution >= 4 is 11.5 Å². The van der Waals surface area contributed by atoms with Crippen molar-refractivity contribution in [3.05, 3.63) is 53.0 Å². The molecule has 0 amide bonds. The van der Waals surface area contributed by atoms with E-state index in [0.717, 1.165) is 28.0 Å². The third-order valence-electron chi connectivity index (χ3n) is 3.53. The zero-order valence-corrected chi connectivity index (χ0v) is 11.7. The maximum atomic E-state index is 13.2. The molecule has 0 fully saturated rings. The number of nitrogens with two attached hydrogens (primary N) is 1. The quantitative estimate of drug-likeness (QED) is 0.732. The van der Waals surface area contributed by atoms with Crippen LogP contribution < -0.4 is 5.73 Å². The smallest absolute Gasteiger partial charge is 0.139 e. The van der Waals surface area contributed by atoms with Crippen molar-refractivity contribution in [3.63, 3.8) is 0 Å². The highest BCUT2D eigenvalue weighted by Crippen LogP contribution is 2.30. The van der Waals surface area contributed by atoms with Crippen molar-refractivity contribution in [2.45, 2.75) is 20.8 Å². The van der Waals surface area contributed by atoms with Crippen LogP contribution >= 0.6 is 0 Å². The lowest BCUT2D eigenvalue weighted by Crippen LogP contribution is -1.98. The van der Waals surface area contributed by atoms with Crippen LogP contribution in [-0.4, -0.2) is 9.38 Å². The minimum Gasteiger partial charge on any atom is -0.383 e. The third kappa shape index (κ3) is 1.84. The number of nitrogen functional groups attached to an aromatic ring is 1. The summed E-state index contributed by atoms with van der Waals surface area (Å²) in [5.41, 5.74) is 11.6. The summed E-state index contributed by atoms with van der Waals surface area (Å²) in [7, 11) is 0. The number of aryl methyl sites for hydroxylation is 3. The Hall–Kier alpha value is -2.36. The molecule has 0 aliphatic carbocycles. The van der Waals surface area contributed by atoms with E-state index in [4.69, 9.17) is 5.73 Å². The molecule has 3 rings (SSSR count). The summed E-state index contributed by atoms with van der Waals surface area (Å²) in [5.74, 6) is 0.341. The fraction of sp³-hybridized carbons (Fsp3) is 0.188. The van der Waals surface area contributed by atoms with Gasteiger partial charge in [0.25, 0.3) is 0 Å². The van der Waals surface area contributed by atoms with Gasteiger partial charge in [0, 0.05) is 11.3 Å². The molecule has 0 radical (unpaired) electrons. The molecule has 0 aliphatic rings. The molecule has 0 unspecified atom stereocenters. The third-order valence-corrected chi connectivity index (χ3v) is 3.53. The first-order valence-electron chi connectivity index (χ1n) is 6.49. The maximum absolute atomic E-state index is 13.2. The predicted molar refractivity (Wildman–Crippen MR) is 79.2 cm³/mol. The Kier molecular flexibility index (Phi) is 2.74. The number of imidazole rings is 1. The molecule has 0 saturated carbocycles. The second-order valence-electron chi connectivity index (χ2n) is 5.17. The molecule has 102 valence electrons. The highest BCUT2D eigenvalue weighted by Gasteiger charge is 2.15. The first-order valence-corrected chi connectivity index (χ1v) is 6.49. The number of halogens is 1. The molecular formula is C16H16FN3. The molecular weight excluding hydrogens is 253 g/mol. The van der Waals surface area contributed by atoms with Crippen molar-refractivity contribution in [1.29, 1.82) is 0 Å². The molecule has 2 N–H and O–H groups in total. The number of anilines is 1. The minimum atomic E-state index is -0.249. The van der Waals surface area contributed by atoms with Gasteiger partial charge in [0.2, 0.25) is 0 Å². The Balaban J connectivity index is 2.32. The lowest BCUT2D eigenvalue weighted by Gasteiger charge is -2.05. The van der Waals surface area contributed by atoms with Gasteiger partial charge in [0.15, 0.2) is 0 Å². The summed E-state index contributed by atoms with van der Waals surface area (Å²) >= 11 is 0. The van der Waals surface area contributed by atoms with Crippen LogP contribution in [-0.2, 0) is 0 Å². The molecule has 4 heteroatoms. The van der Waals surface area contributed by atoms with E-state index in [-0.39, 0.29) is 5.82 Å². The van der Waals surface area contributed by atoms with E-state index in [9.17, 15) is 4.39 Å². The van der Waals surface area contributed by atoms with Crippen molar-refractivity contribution in [3.8, 4) is 11.3 Å². The van der Waals surface area contributed by atoms with Crippen LogP contribution in [0.25, 0.3) is 16.9 Å². The summed E-state index contributed by atoms with van der Waals surface area (Å²) in [5, 5.41) is 0. The molecule has 3 nitrogen and oxygen atoms in total. The normalized spacial score (nSPS) is 11.2. The lowest BCUT2D eigenvalue weighted by atomic mass is 10.1. The Labute approximate surface area is 116 Å². The van der Waals surface area contributed by atoms with Crippen molar-refractivity contribution in [2.24, 2.45) is 0 Å². The van der Waals surface area contributed by atoms with Crippen LogP contribution in [0.2, 0.25) is 0 Å². The molecule has 0 saturated heterocycles. The summed E-state index contributed by atoms with van der Waals surface area (Å²) in [4.78, 5) is 4.61. The van der Waals surface area contributed by atoms with Crippen LogP contribution in [0.1, 0.15) is 16.8 Å². The fourth-order valence-corrected chi connectivity index (χ4v) is 2.65. The van der Waals surface area contributed by atoms with Gasteiger partial charge in [0.05, 0.1) is 0 Å². The molecule has 3 aromatic rings. The van der Waals surface area contributed by atoms with Crippen LogP contribution in [0.3, 0.4) is 0 Å². The summed E-state index contributed by atoms with van der Waals surface area (Å²) in [6, 6.07) is 8.71. The van der Waals surface area contributed by atoms with Gasteiger partial charge in [0.1, 0.15) is 23.0 Å². The molecule has 1 aromatic carbocycles. The number of rotatable bonds is 1. The Morgan fingerprint density at radius 1 is 1.10 bits per heavy atom. The van der Waals surface area contributed by atoms with Crippen molar-refractivity contribution < 1.29 is 4.39 Å². The Morgan fingerprint density at radius 3 is 2.55 bits per heavy atom. The molecule has 0 atom stereocenters. The predicted octanol–water partition coefficient (Wildman–Crippen LogP) is 3.65. The monoisotopic (exact) mass is 269 g/mol. The van der Waals surface area contributed by atoms with Gasteiger partial charge < -0.3 is 5.73 Å². The maximum Gasteiger partial charge on any atom is 0.139 e. The van der Waals surface area contributed by atoms with E-state index in [1.54, 1.807) is 6.07 Å². The van der Waals surface area contributed by atoms with Crippen molar-refractivity contribution in [2.75, 3.05) is 5.73 Å². The van der Waals surface area contributed by atoms with Crippen LogP contribution in [0.4, 0.5) is 10.2 Å². The molecule has 2 heterocycles. The largest absolute Gasteiger partial charge is 0.383 e. The summed E-state index contributed by atoms with van der Waals surface area (Å²) in [6.07, 6.45) is 0. The Bertz CT molecular complexity index is 818. The highest BCUT2D eigenvalue weighted by atomic mass is 19.1. The zero-order valence-electron chi connectivity index (χ0n) is 11.7.